The van der Waals surface area contributed by atoms with Gasteiger partial charge in [0, 0.05) is 12.1 Å². The third-order valence-electron chi connectivity index (χ3n) is 2.63. The lowest BCUT2D eigenvalue weighted by Gasteiger charge is -2.26. The van der Waals surface area contributed by atoms with Gasteiger partial charge in [0.1, 0.15) is 0 Å². The second kappa shape index (κ2) is 5.90. The van der Waals surface area contributed by atoms with Gasteiger partial charge in [-0.15, -0.1) is 0 Å². The van der Waals surface area contributed by atoms with Gasteiger partial charge < -0.3 is 5.32 Å². The Bertz CT molecular complexity index is 348. The van der Waals surface area contributed by atoms with Gasteiger partial charge in [-0.2, -0.15) is 0 Å². The third-order valence-corrected chi connectivity index (χ3v) is 3.37. The predicted octanol–water partition coefficient (Wildman–Crippen LogP) is 4.66. The number of hydrogen-bond acceptors (Lipinski definition) is 1. The van der Waals surface area contributed by atoms with Gasteiger partial charge in [0.15, 0.2) is 0 Å². The van der Waals surface area contributed by atoms with Crippen LogP contribution in [0.5, 0.6) is 0 Å². The molecule has 0 bridgehead atoms. The first-order chi connectivity index (χ1) is 7.44. The molecule has 1 aromatic carbocycles. The molecular formula is C13H19Cl2N. The normalized spacial score (nSPS) is 11.8. The Morgan fingerprint density at radius 3 is 2.44 bits per heavy atom. The van der Waals surface area contributed by atoms with Crippen LogP contribution in [0.15, 0.2) is 18.2 Å². The van der Waals surface area contributed by atoms with Gasteiger partial charge in [0.25, 0.3) is 0 Å². The first kappa shape index (κ1) is 13.8. The zero-order chi connectivity index (χ0) is 12.2. The van der Waals surface area contributed by atoms with Crippen molar-refractivity contribution in [2.45, 2.75) is 45.7 Å². The zero-order valence-electron chi connectivity index (χ0n) is 10.1. The molecule has 0 radical (unpaired) electrons. The van der Waals surface area contributed by atoms with E-state index < -0.39 is 0 Å². The van der Waals surface area contributed by atoms with Crippen molar-refractivity contribution in [1.82, 2.24) is 5.32 Å². The Hall–Kier alpha value is -0.240. The fourth-order valence-corrected chi connectivity index (χ4v) is 2.03. The monoisotopic (exact) mass is 259 g/mol. The maximum Gasteiger partial charge on any atom is 0.0595 e. The Morgan fingerprint density at radius 2 is 1.88 bits per heavy atom. The molecular weight excluding hydrogens is 241 g/mol. The molecule has 1 rings (SSSR count). The number of rotatable bonds is 5. The molecule has 16 heavy (non-hydrogen) atoms. The van der Waals surface area contributed by atoms with Crippen LogP contribution in [0.25, 0.3) is 0 Å². The van der Waals surface area contributed by atoms with Crippen molar-refractivity contribution in [3.8, 4) is 0 Å². The standard InChI is InChI=1S/C13H19Cl2N/c1-4-7-13(2,3)16-9-10-5-6-11(14)12(15)8-10/h5-6,8,16H,4,7,9H2,1-3H3. The minimum Gasteiger partial charge on any atom is -0.308 e. The van der Waals surface area contributed by atoms with Gasteiger partial charge in [-0.05, 0) is 38.0 Å². The summed E-state index contributed by atoms with van der Waals surface area (Å²) in [6.45, 7) is 7.45. The molecule has 90 valence electrons. The Labute approximate surface area is 108 Å². The lowest BCUT2D eigenvalue weighted by atomic mass is 9.98. The predicted molar refractivity (Wildman–Crippen MR) is 72.3 cm³/mol. The van der Waals surface area contributed by atoms with Crippen LogP contribution in [-0.4, -0.2) is 5.54 Å². The molecule has 0 saturated heterocycles. The zero-order valence-corrected chi connectivity index (χ0v) is 11.6. The third kappa shape index (κ3) is 4.32. The Balaban J connectivity index is 2.57. The van der Waals surface area contributed by atoms with Crippen molar-refractivity contribution in [2.24, 2.45) is 0 Å². The van der Waals surface area contributed by atoms with E-state index in [1.54, 1.807) is 0 Å². The SMILES string of the molecule is CCCC(C)(C)NCc1ccc(Cl)c(Cl)c1. The maximum absolute atomic E-state index is 5.97. The molecule has 0 aromatic heterocycles. The maximum atomic E-state index is 5.97. The van der Waals surface area contributed by atoms with Crippen molar-refractivity contribution in [3.63, 3.8) is 0 Å². The largest absolute Gasteiger partial charge is 0.308 e. The highest BCUT2D eigenvalue weighted by Crippen LogP contribution is 2.23. The number of nitrogens with one attached hydrogen (secondary N) is 1. The average Bonchev–Trinajstić information content (AvgIpc) is 2.20. The quantitative estimate of drug-likeness (QED) is 0.811. The van der Waals surface area contributed by atoms with Crippen LogP contribution in [0.1, 0.15) is 39.2 Å². The number of hydrogen-bond donors (Lipinski definition) is 1. The fraction of sp³-hybridized carbons (Fsp3) is 0.538. The van der Waals surface area contributed by atoms with Crippen LogP contribution in [0.3, 0.4) is 0 Å². The molecule has 0 amide bonds. The minimum absolute atomic E-state index is 0.168. The van der Waals surface area contributed by atoms with Crippen LogP contribution in [0.2, 0.25) is 10.0 Å². The van der Waals surface area contributed by atoms with E-state index in [0.717, 1.165) is 13.0 Å². The summed E-state index contributed by atoms with van der Waals surface area (Å²) >= 11 is 11.8. The van der Waals surface area contributed by atoms with E-state index in [4.69, 9.17) is 23.2 Å². The van der Waals surface area contributed by atoms with Gasteiger partial charge in [0.2, 0.25) is 0 Å². The minimum atomic E-state index is 0.168. The van der Waals surface area contributed by atoms with Gasteiger partial charge in [-0.3, -0.25) is 0 Å². The lowest BCUT2D eigenvalue weighted by molar-refractivity contribution is 0.357. The summed E-state index contributed by atoms with van der Waals surface area (Å²) in [6.07, 6.45) is 2.34. The van der Waals surface area contributed by atoms with E-state index in [-0.39, 0.29) is 5.54 Å². The van der Waals surface area contributed by atoms with Gasteiger partial charge >= 0.3 is 0 Å². The van der Waals surface area contributed by atoms with Gasteiger partial charge in [0.05, 0.1) is 10.0 Å². The molecule has 0 aliphatic carbocycles. The summed E-state index contributed by atoms with van der Waals surface area (Å²) in [5, 5.41) is 4.75. The first-order valence-corrected chi connectivity index (χ1v) is 6.39. The highest BCUT2D eigenvalue weighted by molar-refractivity contribution is 6.42. The molecule has 0 saturated carbocycles. The van der Waals surface area contributed by atoms with Crippen molar-refractivity contribution in [3.05, 3.63) is 33.8 Å². The lowest BCUT2D eigenvalue weighted by Crippen LogP contribution is -2.38. The molecule has 0 unspecified atom stereocenters. The highest BCUT2D eigenvalue weighted by atomic mass is 35.5. The number of halogens is 2. The smallest absolute Gasteiger partial charge is 0.0595 e. The Morgan fingerprint density at radius 1 is 1.19 bits per heavy atom. The van der Waals surface area contributed by atoms with E-state index in [2.05, 4.69) is 26.1 Å². The van der Waals surface area contributed by atoms with Gasteiger partial charge in [-0.25, -0.2) is 0 Å². The number of benzene rings is 1. The van der Waals surface area contributed by atoms with Crippen molar-refractivity contribution in [1.29, 1.82) is 0 Å². The fourth-order valence-electron chi connectivity index (χ4n) is 1.70. The molecule has 0 fully saturated rings. The molecule has 1 nitrogen and oxygen atoms in total. The molecule has 3 heteroatoms. The second-order valence-electron chi connectivity index (χ2n) is 4.74. The summed E-state index contributed by atoms with van der Waals surface area (Å²) in [5.41, 5.74) is 1.33. The summed E-state index contributed by atoms with van der Waals surface area (Å²) in [6, 6.07) is 5.76. The van der Waals surface area contributed by atoms with E-state index in [9.17, 15) is 0 Å². The van der Waals surface area contributed by atoms with Gasteiger partial charge in [-0.1, -0.05) is 42.6 Å². The molecule has 0 spiro atoms. The summed E-state index contributed by atoms with van der Waals surface area (Å²) in [7, 11) is 0. The van der Waals surface area contributed by atoms with Crippen LogP contribution in [0, 0.1) is 0 Å². The first-order valence-electron chi connectivity index (χ1n) is 5.63. The molecule has 1 N–H and O–H groups in total. The molecule has 0 heterocycles. The van der Waals surface area contributed by atoms with E-state index in [1.807, 2.05) is 18.2 Å². The van der Waals surface area contributed by atoms with Crippen LogP contribution in [-0.2, 0) is 6.54 Å². The van der Waals surface area contributed by atoms with Crippen LogP contribution >= 0.6 is 23.2 Å². The molecule has 0 atom stereocenters. The Kier molecular flexibility index (Phi) is 5.10. The van der Waals surface area contributed by atoms with E-state index in [1.165, 1.54) is 12.0 Å². The molecule has 0 aliphatic rings. The van der Waals surface area contributed by atoms with E-state index >= 15 is 0 Å². The van der Waals surface area contributed by atoms with Crippen LogP contribution < -0.4 is 5.32 Å². The summed E-state index contributed by atoms with van der Waals surface area (Å²) in [5.74, 6) is 0. The highest BCUT2D eigenvalue weighted by Gasteiger charge is 2.15. The van der Waals surface area contributed by atoms with Crippen molar-refractivity contribution in [2.75, 3.05) is 0 Å². The molecule has 0 aliphatic heterocycles. The second-order valence-corrected chi connectivity index (χ2v) is 5.55. The summed E-state index contributed by atoms with van der Waals surface area (Å²) < 4.78 is 0. The molecule has 1 aromatic rings. The van der Waals surface area contributed by atoms with Crippen LogP contribution in [0.4, 0.5) is 0 Å². The summed E-state index contributed by atoms with van der Waals surface area (Å²) in [4.78, 5) is 0. The average molecular weight is 260 g/mol. The van der Waals surface area contributed by atoms with Crippen molar-refractivity contribution < 1.29 is 0 Å². The van der Waals surface area contributed by atoms with E-state index in [0.29, 0.717) is 10.0 Å². The topological polar surface area (TPSA) is 12.0 Å². The van der Waals surface area contributed by atoms with Crippen molar-refractivity contribution >= 4 is 23.2 Å².